The van der Waals surface area contributed by atoms with Crippen molar-refractivity contribution in [2.45, 2.75) is 31.3 Å². The standard InChI is InChI=1S/C26H26N2O6S/c1-2-33-25(29)19-28-23-14-13-22(17-24(23)34-26(28)30)35(31,32)27(18-21-11-7-4-8-12-21)16-15-20-9-5-3-6-10-20/h3-14,17H,2,15-16,18-19H2,1H3. The number of hydrogen-bond acceptors (Lipinski definition) is 6. The van der Waals surface area contributed by atoms with E-state index in [4.69, 9.17) is 9.15 Å². The average Bonchev–Trinajstić information content (AvgIpc) is 3.17. The van der Waals surface area contributed by atoms with Crippen LogP contribution in [0.5, 0.6) is 0 Å². The molecule has 0 radical (unpaired) electrons. The van der Waals surface area contributed by atoms with E-state index in [0.29, 0.717) is 11.9 Å². The van der Waals surface area contributed by atoms with Crippen LogP contribution in [-0.4, -0.2) is 36.4 Å². The summed E-state index contributed by atoms with van der Waals surface area (Å²) < 4.78 is 40.1. The van der Waals surface area contributed by atoms with Gasteiger partial charge >= 0.3 is 11.7 Å². The number of oxazole rings is 1. The predicted octanol–water partition coefficient (Wildman–Crippen LogP) is 3.59. The summed E-state index contributed by atoms with van der Waals surface area (Å²) in [5.74, 6) is -1.34. The van der Waals surface area contributed by atoms with Crippen molar-refractivity contribution in [3.63, 3.8) is 0 Å². The van der Waals surface area contributed by atoms with Gasteiger partial charge in [-0.2, -0.15) is 4.31 Å². The van der Waals surface area contributed by atoms with Gasteiger partial charge in [0.25, 0.3) is 0 Å². The monoisotopic (exact) mass is 494 g/mol. The Morgan fingerprint density at radius 2 is 1.63 bits per heavy atom. The molecule has 0 atom stereocenters. The third-order valence-corrected chi connectivity index (χ3v) is 7.41. The number of fused-ring (bicyclic) bond motifs is 1. The van der Waals surface area contributed by atoms with Crippen LogP contribution in [0.4, 0.5) is 0 Å². The Morgan fingerprint density at radius 3 is 2.29 bits per heavy atom. The first-order chi connectivity index (χ1) is 16.9. The van der Waals surface area contributed by atoms with Gasteiger partial charge in [0, 0.05) is 19.2 Å². The molecular weight excluding hydrogens is 468 g/mol. The van der Waals surface area contributed by atoms with Crippen molar-refractivity contribution in [2.75, 3.05) is 13.2 Å². The van der Waals surface area contributed by atoms with Crippen LogP contribution in [0.15, 0.2) is 93.0 Å². The van der Waals surface area contributed by atoms with E-state index in [9.17, 15) is 18.0 Å². The zero-order valence-electron chi connectivity index (χ0n) is 19.3. The highest BCUT2D eigenvalue weighted by atomic mass is 32.2. The highest BCUT2D eigenvalue weighted by Gasteiger charge is 2.26. The number of hydrogen-bond donors (Lipinski definition) is 0. The first-order valence-corrected chi connectivity index (χ1v) is 12.7. The van der Waals surface area contributed by atoms with Crippen molar-refractivity contribution in [1.82, 2.24) is 8.87 Å². The molecule has 0 aliphatic carbocycles. The fourth-order valence-electron chi connectivity index (χ4n) is 3.81. The molecule has 35 heavy (non-hydrogen) atoms. The zero-order valence-corrected chi connectivity index (χ0v) is 20.1. The Balaban J connectivity index is 1.66. The highest BCUT2D eigenvalue weighted by molar-refractivity contribution is 7.89. The summed E-state index contributed by atoms with van der Waals surface area (Å²) >= 11 is 0. The fourth-order valence-corrected chi connectivity index (χ4v) is 5.26. The van der Waals surface area contributed by atoms with Crippen LogP contribution >= 0.6 is 0 Å². The number of aromatic nitrogens is 1. The number of benzene rings is 3. The molecule has 0 amide bonds. The molecular formula is C26H26N2O6S. The van der Waals surface area contributed by atoms with E-state index in [0.717, 1.165) is 15.7 Å². The average molecular weight is 495 g/mol. The van der Waals surface area contributed by atoms with E-state index in [1.807, 2.05) is 60.7 Å². The smallest absolute Gasteiger partial charge is 0.420 e. The minimum atomic E-state index is -3.93. The Morgan fingerprint density at radius 1 is 0.971 bits per heavy atom. The molecule has 0 bridgehead atoms. The van der Waals surface area contributed by atoms with E-state index in [1.54, 1.807) is 6.92 Å². The van der Waals surface area contributed by atoms with Gasteiger partial charge in [0.15, 0.2) is 5.58 Å². The Bertz CT molecular complexity index is 1460. The molecule has 0 aliphatic heterocycles. The van der Waals surface area contributed by atoms with E-state index < -0.39 is 21.7 Å². The molecule has 3 aromatic carbocycles. The Labute approximate surface area is 203 Å². The largest absolute Gasteiger partial charge is 0.465 e. The van der Waals surface area contributed by atoms with Gasteiger partial charge in [-0.15, -0.1) is 0 Å². The summed E-state index contributed by atoms with van der Waals surface area (Å²) in [7, 11) is -3.93. The topological polar surface area (TPSA) is 98.8 Å². The van der Waals surface area contributed by atoms with Gasteiger partial charge < -0.3 is 9.15 Å². The summed E-state index contributed by atoms with van der Waals surface area (Å²) in [6.07, 6.45) is 0.542. The first kappa shape index (κ1) is 24.4. The summed E-state index contributed by atoms with van der Waals surface area (Å²) in [6.45, 7) is 2.01. The summed E-state index contributed by atoms with van der Waals surface area (Å²) in [5, 5.41) is 0. The third-order valence-electron chi connectivity index (χ3n) is 5.56. The minimum absolute atomic E-state index is 0.00558. The molecule has 4 rings (SSSR count). The molecule has 9 heteroatoms. The number of nitrogens with zero attached hydrogens (tertiary/aromatic N) is 2. The summed E-state index contributed by atoms with van der Waals surface area (Å²) in [5.41, 5.74) is 2.29. The molecule has 0 aliphatic rings. The molecule has 0 saturated heterocycles. The Hall–Kier alpha value is -3.69. The quantitative estimate of drug-likeness (QED) is 0.313. The van der Waals surface area contributed by atoms with Crippen molar-refractivity contribution >= 4 is 27.1 Å². The lowest BCUT2D eigenvalue weighted by molar-refractivity contribution is -0.143. The van der Waals surface area contributed by atoms with Crippen molar-refractivity contribution in [3.8, 4) is 0 Å². The molecule has 0 saturated carbocycles. The van der Waals surface area contributed by atoms with Crippen molar-refractivity contribution in [2.24, 2.45) is 0 Å². The number of rotatable bonds is 10. The number of carbonyl (C=O) groups is 1. The maximum absolute atomic E-state index is 13.7. The summed E-state index contributed by atoms with van der Waals surface area (Å²) in [6, 6.07) is 23.3. The van der Waals surface area contributed by atoms with Gasteiger partial charge in [0.1, 0.15) is 6.54 Å². The van der Waals surface area contributed by atoms with Gasteiger partial charge in [-0.3, -0.25) is 9.36 Å². The van der Waals surface area contributed by atoms with Crippen molar-refractivity contribution < 1.29 is 22.4 Å². The number of sulfonamides is 1. The minimum Gasteiger partial charge on any atom is -0.465 e. The van der Waals surface area contributed by atoms with Crippen molar-refractivity contribution in [1.29, 1.82) is 0 Å². The fraction of sp³-hybridized carbons (Fsp3) is 0.231. The van der Waals surface area contributed by atoms with E-state index in [2.05, 4.69) is 0 Å². The molecule has 0 spiro atoms. The lowest BCUT2D eigenvalue weighted by Crippen LogP contribution is -2.32. The van der Waals surface area contributed by atoms with Gasteiger partial charge in [-0.25, -0.2) is 13.2 Å². The second-order valence-electron chi connectivity index (χ2n) is 7.95. The Kier molecular flexibility index (Phi) is 7.48. The van der Waals surface area contributed by atoms with Crippen LogP contribution in [0.25, 0.3) is 11.1 Å². The van der Waals surface area contributed by atoms with Gasteiger partial charge in [-0.1, -0.05) is 60.7 Å². The van der Waals surface area contributed by atoms with Crippen LogP contribution in [0, 0.1) is 0 Å². The van der Waals surface area contributed by atoms with E-state index in [1.165, 1.54) is 22.5 Å². The van der Waals surface area contributed by atoms with E-state index in [-0.39, 0.29) is 36.7 Å². The molecule has 0 N–H and O–H groups in total. The first-order valence-electron chi connectivity index (χ1n) is 11.3. The number of esters is 1. The third kappa shape index (κ3) is 5.70. The second-order valence-corrected chi connectivity index (χ2v) is 9.89. The maximum Gasteiger partial charge on any atom is 0.420 e. The molecule has 0 unspecified atom stereocenters. The second kappa shape index (κ2) is 10.7. The van der Waals surface area contributed by atoms with Crippen LogP contribution in [0.2, 0.25) is 0 Å². The van der Waals surface area contributed by atoms with Gasteiger partial charge in [0.2, 0.25) is 10.0 Å². The summed E-state index contributed by atoms with van der Waals surface area (Å²) in [4.78, 5) is 24.2. The lowest BCUT2D eigenvalue weighted by atomic mass is 10.1. The van der Waals surface area contributed by atoms with E-state index >= 15 is 0 Å². The van der Waals surface area contributed by atoms with Crippen LogP contribution in [0.1, 0.15) is 18.1 Å². The van der Waals surface area contributed by atoms with Crippen LogP contribution < -0.4 is 5.76 Å². The maximum atomic E-state index is 13.7. The predicted molar refractivity (Wildman–Crippen MR) is 131 cm³/mol. The molecule has 182 valence electrons. The molecule has 8 nitrogen and oxygen atoms in total. The number of carbonyl (C=O) groups excluding carboxylic acids is 1. The highest BCUT2D eigenvalue weighted by Crippen LogP contribution is 2.24. The van der Waals surface area contributed by atoms with Gasteiger partial charge in [-0.05, 0) is 36.6 Å². The van der Waals surface area contributed by atoms with Crippen LogP contribution in [0.3, 0.4) is 0 Å². The molecule has 1 aromatic heterocycles. The molecule has 4 aromatic rings. The SMILES string of the molecule is CCOC(=O)Cn1c(=O)oc2cc(S(=O)(=O)N(CCc3ccccc3)Cc3ccccc3)ccc21. The molecule has 1 heterocycles. The number of ether oxygens (including phenoxy) is 1. The lowest BCUT2D eigenvalue weighted by Gasteiger charge is -2.22. The van der Waals surface area contributed by atoms with Crippen molar-refractivity contribution in [3.05, 3.63) is 101 Å². The zero-order chi connectivity index (χ0) is 24.8. The molecule has 0 fully saturated rings. The van der Waals surface area contributed by atoms with Crippen LogP contribution in [-0.2, 0) is 39.1 Å². The normalized spacial score (nSPS) is 11.7. The van der Waals surface area contributed by atoms with Gasteiger partial charge in [0.05, 0.1) is 17.0 Å².